The number of carbonyl (C=O) groups is 1. The number of amides is 1. The van der Waals surface area contributed by atoms with Gasteiger partial charge in [0.1, 0.15) is 11.5 Å². The minimum absolute atomic E-state index is 0.0499. The van der Waals surface area contributed by atoms with Gasteiger partial charge in [0.15, 0.2) is 0 Å². The highest BCUT2D eigenvalue weighted by Gasteiger charge is 2.19. The van der Waals surface area contributed by atoms with E-state index in [0.29, 0.717) is 5.56 Å². The Balaban J connectivity index is 2.32. The van der Waals surface area contributed by atoms with Crippen molar-refractivity contribution in [3.8, 4) is 11.5 Å². The number of methoxy groups -OCH3 is 2. The summed E-state index contributed by atoms with van der Waals surface area (Å²) in [6.07, 6.45) is 0.809. The summed E-state index contributed by atoms with van der Waals surface area (Å²) < 4.78 is 10.8. The molecule has 4 heteroatoms. The number of rotatable bonds is 7. The van der Waals surface area contributed by atoms with E-state index in [1.165, 1.54) is 0 Å². The first-order valence-electron chi connectivity index (χ1n) is 9.46. The Hall–Kier alpha value is -2.49. The molecular formula is C23H31NO3. The van der Waals surface area contributed by atoms with Gasteiger partial charge in [-0.25, -0.2) is 0 Å². The van der Waals surface area contributed by atoms with E-state index in [1.54, 1.807) is 14.2 Å². The van der Waals surface area contributed by atoms with Crippen LogP contribution in [0.1, 0.15) is 71.8 Å². The van der Waals surface area contributed by atoms with E-state index in [9.17, 15) is 4.79 Å². The number of ether oxygens (including phenoxy) is 2. The van der Waals surface area contributed by atoms with Crippen molar-refractivity contribution < 1.29 is 14.3 Å². The predicted molar refractivity (Wildman–Crippen MR) is 110 cm³/mol. The minimum Gasteiger partial charge on any atom is -0.496 e. The average Bonchev–Trinajstić information content (AvgIpc) is 2.65. The smallest absolute Gasteiger partial charge is 0.252 e. The topological polar surface area (TPSA) is 47.6 Å². The second-order valence-corrected chi connectivity index (χ2v) is 7.23. The molecule has 2 rings (SSSR count). The monoisotopic (exact) mass is 369 g/mol. The predicted octanol–water partition coefficient (Wildman–Crippen LogP) is 5.33. The van der Waals surface area contributed by atoms with E-state index >= 15 is 0 Å². The molecule has 0 fully saturated rings. The Bertz CT molecular complexity index is 812. The zero-order chi connectivity index (χ0) is 20.1. The first-order chi connectivity index (χ1) is 12.8. The van der Waals surface area contributed by atoms with Crippen molar-refractivity contribution in [1.29, 1.82) is 0 Å². The second kappa shape index (κ2) is 8.94. The van der Waals surface area contributed by atoms with Gasteiger partial charge in [0.25, 0.3) is 5.91 Å². The van der Waals surface area contributed by atoms with Crippen LogP contribution in [0.2, 0.25) is 0 Å². The van der Waals surface area contributed by atoms with E-state index in [0.717, 1.165) is 40.2 Å². The summed E-state index contributed by atoms with van der Waals surface area (Å²) in [5.74, 6) is 1.90. The minimum atomic E-state index is -0.0580. The largest absolute Gasteiger partial charge is 0.496 e. The summed E-state index contributed by atoms with van der Waals surface area (Å²) in [6.45, 7) is 10.2. The molecule has 4 nitrogen and oxygen atoms in total. The molecule has 0 aromatic heterocycles. The van der Waals surface area contributed by atoms with Crippen molar-refractivity contribution in [1.82, 2.24) is 5.32 Å². The average molecular weight is 370 g/mol. The van der Waals surface area contributed by atoms with Crippen LogP contribution in [0.15, 0.2) is 30.3 Å². The maximum atomic E-state index is 13.0. The Labute approximate surface area is 162 Å². The molecule has 0 bridgehead atoms. The number of hydrogen-bond donors (Lipinski definition) is 1. The molecule has 0 aliphatic carbocycles. The van der Waals surface area contributed by atoms with Gasteiger partial charge in [-0.15, -0.1) is 0 Å². The molecule has 2 aromatic carbocycles. The summed E-state index contributed by atoms with van der Waals surface area (Å²) in [6, 6.07) is 9.90. The Morgan fingerprint density at radius 3 is 2.19 bits per heavy atom. The van der Waals surface area contributed by atoms with Crippen molar-refractivity contribution in [3.05, 3.63) is 58.1 Å². The van der Waals surface area contributed by atoms with Crippen LogP contribution in [0.4, 0.5) is 0 Å². The van der Waals surface area contributed by atoms with Gasteiger partial charge < -0.3 is 14.8 Å². The van der Waals surface area contributed by atoms with Gasteiger partial charge in [0.05, 0.1) is 20.3 Å². The Morgan fingerprint density at radius 1 is 1.00 bits per heavy atom. The van der Waals surface area contributed by atoms with Crippen LogP contribution in [0.3, 0.4) is 0 Å². The molecule has 0 spiro atoms. The molecule has 0 saturated carbocycles. The van der Waals surface area contributed by atoms with Gasteiger partial charge in [-0.3, -0.25) is 4.79 Å². The first kappa shape index (κ1) is 20.8. The maximum absolute atomic E-state index is 13.0. The van der Waals surface area contributed by atoms with Gasteiger partial charge in [-0.1, -0.05) is 32.9 Å². The molecule has 1 atom stereocenters. The molecule has 0 saturated heterocycles. The van der Waals surface area contributed by atoms with Crippen molar-refractivity contribution in [2.24, 2.45) is 0 Å². The van der Waals surface area contributed by atoms with Crippen LogP contribution in [0, 0.1) is 13.8 Å². The highest BCUT2D eigenvalue weighted by Crippen LogP contribution is 2.30. The zero-order valence-electron chi connectivity index (χ0n) is 17.5. The fourth-order valence-electron chi connectivity index (χ4n) is 3.35. The van der Waals surface area contributed by atoms with Crippen LogP contribution in [-0.4, -0.2) is 20.1 Å². The lowest BCUT2D eigenvalue weighted by Gasteiger charge is -2.21. The van der Waals surface area contributed by atoms with Gasteiger partial charge in [-0.2, -0.15) is 0 Å². The SMILES string of the molecule is CCC(NC(=O)c1cc(C(C)C)c(OC)cc1C)c1ccc(OC)c(C)c1. The summed E-state index contributed by atoms with van der Waals surface area (Å²) in [5.41, 5.74) is 4.80. The Morgan fingerprint density at radius 2 is 1.67 bits per heavy atom. The van der Waals surface area contributed by atoms with Crippen LogP contribution in [0.25, 0.3) is 0 Å². The number of carbonyl (C=O) groups excluding carboxylic acids is 1. The maximum Gasteiger partial charge on any atom is 0.252 e. The Kier molecular flexibility index (Phi) is 6.89. The molecule has 1 amide bonds. The highest BCUT2D eigenvalue weighted by molar-refractivity contribution is 5.96. The zero-order valence-corrected chi connectivity index (χ0v) is 17.5. The molecule has 1 unspecified atom stereocenters. The summed E-state index contributed by atoms with van der Waals surface area (Å²) >= 11 is 0. The van der Waals surface area contributed by atoms with E-state index in [1.807, 2.05) is 38.1 Å². The van der Waals surface area contributed by atoms with Crippen molar-refractivity contribution >= 4 is 5.91 Å². The fourth-order valence-corrected chi connectivity index (χ4v) is 3.35. The molecule has 1 N–H and O–H groups in total. The number of aryl methyl sites for hydroxylation is 2. The lowest BCUT2D eigenvalue weighted by atomic mass is 9.95. The molecule has 0 heterocycles. The third-order valence-electron chi connectivity index (χ3n) is 4.98. The number of nitrogens with one attached hydrogen (secondary N) is 1. The van der Waals surface area contributed by atoms with E-state index in [-0.39, 0.29) is 17.9 Å². The molecule has 0 aliphatic heterocycles. The van der Waals surface area contributed by atoms with Gasteiger partial charge in [0.2, 0.25) is 0 Å². The normalized spacial score (nSPS) is 12.0. The summed E-state index contributed by atoms with van der Waals surface area (Å²) in [4.78, 5) is 13.0. The molecule has 2 aromatic rings. The lowest BCUT2D eigenvalue weighted by molar-refractivity contribution is 0.0935. The summed E-state index contributed by atoms with van der Waals surface area (Å²) in [5, 5.41) is 3.19. The van der Waals surface area contributed by atoms with Crippen LogP contribution in [0.5, 0.6) is 11.5 Å². The van der Waals surface area contributed by atoms with Gasteiger partial charge >= 0.3 is 0 Å². The third kappa shape index (κ3) is 4.62. The molecule has 0 aliphatic rings. The molecule has 0 radical (unpaired) electrons. The van der Waals surface area contributed by atoms with E-state index < -0.39 is 0 Å². The standard InChI is InChI=1S/C23H31NO3/c1-8-20(17-9-10-21(26-6)16(5)11-17)24-23(25)19-13-18(14(2)3)22(27-7)12-15(19)4/h9-14,20H,8H2,1-7H3,(H,24,25). The van der Waals surface area contributed by atoms with Crippen LogP contribution in [-0.2, 0) is 0 Å². The van der Waals surface area contributed by atoms with Crippen molar-refractivity contribution in [3.63, 3.8) is 0 Å². The quantitative estimate of drug-likeness (QED) is 0.718. The van der Waals surface area contributed by atoms with Gasteiger partial charge in [-0.05, 0) is 66.6 Å². The summed E-state index contributed by atoms with van der Waals surface area (Å²) in [7, 11) is 3.33. The second-order valence-electron chi connectivity index (χ2n) is 7.23. The van der Waals surface area contributed by atoms with Crippen molar-refractivity contribution in [2.75, 3.05) is 14.2 Å². The third-order valence-corrected chi connectivity index (χ3v) is 4.98. The number of benzene rings is 2. The molecular weight excluding hydrogens is 338 g/mol. The van der Waals surface area contributed by atoms with E-state index in [4.69, 9.17) is 9.47 Å². The van der Waals surface area contributed by atoms with Crippen LogP contribution < -0.4 is 14.8 Å². The van der Waals surface area contributed by atoms with Gasteiger partial charge in [0, 0.05) is 5.56 Å². The number of hydrogen-bond acceptors (Lipinski definition) is 3. The molecule has 27 heavy (non-hydrogen) atoms. The fraction of sp³-hybridized carbons (Fsp3) is 0.435. The van der Waals surface area contributed by atoms with Crippen molar-refractivity contribution in [2.45, 2.75) is 53.0 Å². The lowest BCUT2D eigenvalue weighted by Crippen LogP contribution is -2.29. The highest BCUT2D eigenvalue weighted by atomic mass is 16.5. The first-order valence-corrected chi connectivity index (χ1v) is 9.46. The van der Waals surface area contributed by atoms with E-state index in [2.05, 4.69) is 32.2 Å². The molecule has 146 valence electrons. The van der Waals surface area contributed by atoms with Crippen LogP contribution >= 0.6 is 0 Å².